The van der Waals surface area contributed by atoms with Crippen molar-refractivity contribution in [2.24, 2.45) is 0 Å². The lowest BCUT2D eigenvalue weighted by Gasteiger charge is -2.09. The summed E-state index contributed by atoms with van der Waals surface area (Å²) in [5.74, 6) is 0. The summed E-state index contributed by atoms with van der Waals surface area (Å²) in [6, 6.07) is 4.58. The zero-order chi connectivity index (χ0) is 13.6. The summed E-state index contributed by atoms with van der Waals surface area (Å²) < 4.78 is 37.0. The Bertz CT molecular complexity index is 379. The second-order valence-corrected chi connectivity index (χ2v) is 4.13. The minimum Gasteiger partial charge on any atom is -0.384 e. The van der Waals surface area contributed by atoms with Crippen molar-refractivity contribution >= 4 is 0 Å². The molecule has 18 heavy (non-hydrogen) atoms. The minimum absolute atomic E-state index is 0.468. The normalized spacial score (nSPS) is 14.1. The molecule has 1 N–H and O–H groups in total. The molecule has 0 aliphatic heterocycles. The van der Waals surface area contributed by atoms with E-state index in [1.54, 1.807) is 6.08 Å². The second-order valence-electron chi connectivity index (χ2n) is 4.13. The lowest BCUT2D eigenvalue weighted by molar-refractivity contribution is -0.137. The van der Waals surface area contributed by atoms with Crippen molar-refractivity contribution in [3.63, 3.8) is 0 Å². The van der Waals surface area contributed by atoms with E-state index in [0.717, 1.165) is 31.4 Å². The summed E-state index contributed by atoms with van der Waals surface area (Å²) in [5, 5.41) is 9.75. The molecule has 4 heteroatoms. The third kappa shape index (κ3) is 4.53. The summed E-state index contributed by atoms with van der Waals surface area (Å²) in [6.45, 7) is 2.07. The van der Waals surface area contributed by atoms with Gasteiger partial charge in [0.25, 0.3) is 0 Å². The molecule has 0 bridgehead atoms. The van der Waals surface area contributed by atoms with Gasteiger partial charge in [-0.3, -0.25) is 0 Å². The van der Waals surface area contributed by atoms with E-state index in [1.165, 1.54) is 12.1 Å². The van der Waals surface area contributed by atoms with Crippen LogP contribution in [0.25, 0.3) is 0 Å². The Morgan fingerprint density at radius 2 is 1.83 bits per heavy atom. The number of unbranched alkanes of at least 4 members (excludes halogenated alkanes) is 2. The molecule has 1 aromatic rings. The number of alkyl halides is 3. The molecule has 0 spiro atoms. The van der Waals surface area contributed by atoms with E-state index < -0.39 is 17.8 Å². The number of aliphatic hydroxyl groups excluding tert-OH is 1. The molecule has 0 unspecified atom stereocenters. The molecular weight excluding hydrogens is 241 g/mol. The van der Waals surface area contributed by atoms with Gasteiger partial charge in [-0.05, 0) is 24.1 Å². The fraction of sp³-hybridized carbons (Fsp3) is 0.429. The van der Waals surface area contributed by atoms with Crippen LogP contribution in [0.4, 0.5) is 13.2 Å². The number of rotatable bonds is 5. The molecule has 100 valence electrons. The molecule has 0 radical (unpaired) electrons. The van der Waals surface area contributed by atoms with Gasteiger partial charge in [0.1, 0.15) is 0 Å². The van der Waals surface area contributed by atoms with Gasteiger partial charge in [0.05, 0.1) is 11.7 Å². The molecule has 0 heterocycles. The number of hydrogen-bond donors (Lipinski definition) is 1. The van der Waals surface area contributed by atoms with Gasteiger partial charge in [0.15, 0.2) is 0 Å². The van der Waals surface area contributed by atoms with Gasteiger partial charge in [-0.15, -0.1) is 0 Å². The van der Waals surface area contributed by atoms with Crippen molar-refractivity contribution in [2.75, 3.05) is 0 Å². The molecule has 1 atom stereocenters. The van der Waals surface area contributed by atoms with Crippen LogP contribution in [0.15, 0.2) is 36.4 Å². The topological polar surface area (TPSA) is 20.2 Å². The van der Waals surface area contributed by atoms with Crippen molar-refractivity contribution < 1.29 is 18.3 Å². The summed E-state index contributed by atoms with van der Waals surface area (Å²) in [7, 11) is 0. The van der Waals surface area contributed by atoms with Gasteiger partial charge in [-0.25, -0.2) is 0 Å². The number of hydrogen-bond acceptors (Lipinski definition) is 1. The van der Waals surface area contributed by atoms with E-state index in [1.807, 2.05) is 6.08 Å². The monoisotopic (exact) mass is 258 g/mol. The highest BCUT2D eigenvalue weighted by Gasteiger charge is 2.30. The standard InChI is InChI=1S/C14H17F3O/c1-2-3-4-5-6-13(18)11-7-9-12(10-8-11)14(15,16)17/h5-10,13,18H,2-4H2,1H3/b6-5+/t13-/m0/s1. The summed E-state index contributed by atoms with van der Waals surface area (Å²) >= 11 is 0. The number of benzene rings is 1. The molecule has 0 aliphatic rings. The maximum atomic E-state index is 12.3. The molecule has 1 aromatic carbocycles. The Morgan fingerprint density at radius 3 is 2.33 bits per heavy atom. The van der Waals surface area contributed by atoms with Crippen LogP contribution in [0.2, 0.25) is 0 Å². The van der Waals surface area contributed by atoms with Crippen molar-refractivity contribution in [3.05, 3.63) is 47.5 Å². The largest absolute Gasteiger partial charge is 0.416 e. The van der Waals surface area contributed by atoms with Gasteiger partial charge in [-0.1, -0.05) is 44.1 Å². The van der Waals surface area contributed by atoms with Gasteiger partial charge in [0, 0.05) is 0 Å². The van der Waals surface area contributed by atoms with Crippen molar-refractivity contribution in [2.45, 2.75) is 38.5 Å². The zero-order valence-corrected chi connectivity index (χ0v) is 10.2. The van der Waals surface area contributed by atoms with E-state index in [0.29, 0.717) is 5.56 Å². The van der Waals surface area contributed by atoms with E-state index in [2.05, 4.69) is 6.92 Å². The molecular formula is C14H17F3O. The Kier molecular flexibility index (Phi) is 5.41. The quantitative estimate of drug-likeness (QED) is 0.609. The number of halogens is 3. The third-order valence-corrected chi connectivity index (χ3v) is 2.62. The molecule has 1 rings (SSSR count). The van der Waals surface area contributed by atoms with Crippen molar-refractivity contribution in [1.29, 1.82) is 0 Å². The van der Waals surface area contributed by atoms with Crippen LogP contribution < -0.4 is 0 Å². The molecule has 0 fully saturated rings. The van der Waals surface area contributed by atoms with E-state index >= 15 is 0 Å². The lowest BCUT2D eigenvalue weighted by Crippen LogP contribution is -2.05. The van der Waals surface area contributed by atoms with Gasteiger partial charge in [-0.2, -0.15) is 13.2 Å². The Balaban J connectivity index is 2.64. The first-order chi connectivity index (χ1) is 8.45. The average Bonchev–Trinajstić information content (AvgIpc) is 2.33. The van der Waals surface area contributed by atoms with E-state index in [9.17, 15) is 18.3 Å². The molecule has 0 aromatic heterocycles. The lowest BCUT2D eigenvalue weighted by atomic mass is 10.1. The van der Waals surface area contributed by atoms with Crippen LogP contribution >= 0.6 is 0 Å². The molecule has 0 amide bonds. The third-order valence-electron chi connectivity index (χ3n) is 2.62. The Morgan fingerprint density at radius 1 is 1.22 bits per heavy atom. The van der Waals surface area contributed by atoms with Crippen LogP contribution in [0.3, 0.4) is 0 Å². The Labute approximate surface area is 105 Å². The predicted molar refractivity (Wildman–Crippen MR) is 65.1 cm³/mol. The molecule has 0 saturated carbocycles. The first kappa shape index (κ1) is 14.8. The minimum atomic E-state index is -4.33. The zero-order valence-electron chi connectivity index (χ0n) is 10.2. The molecule has 0 aliphatic carbocycles. The highest BCUT2D eigenvalue weighted by molar-refractivity contribution is 5.27. The second kappa shape index (κ2) is 6.59. The fourth-order valence-electron chi connectivity index (χ4n) is 1.53. The SMILES string of the molecule is CCCC/C=C/[C@H](O)c1ccc(C(F)(F)F)cc1. The Hall–Kier alpha value is -1.29. The summed E-state index contributed by atoms with van der Waals surface area (Å²) in [6.07, 6.45) is 1.26. The predicted octanol–water partition coefficient (Wildman–Crippen LogP) is 4.49. The van der Waals surface area contributed by atoms with Crippen LogP contribution in [-0.2, 0) is 6.18 Å². The van der Waals surface area contributed by atoms with Gasteiger partial charge < -0.3 is 5.11 Å². The van der Waals surface area contributed by atoms with E-state index in [-0.39, 0.29) is 0 Å². The first-order valence-electron chi connectivity index (χ1n) is 5.97. The molecule has 1 nitrogen and oxygen atoms in total. The van der Waals surface area contributed by atoms with Crippen LogP contribution in [0.1, 0.15) is 43.4 Å². The number of aliphatic hydroxyl groups is 1. The highest BCUT2D eigenvalue weighted by atomic mass is 19.4. The summed E-state index contributed by atoms with van der Waals surface area (Å²) in [4.78, 5) is 0. The first-order valence-corrected chi connectivity index (χ1v) is 5.97. The number of allylic oxidation sites excluding steroid dienone is 1. The summed E-state index contributed by atoms with van der Waals surface area (Å²) in [5.41, 5.74) is -0.232. The maximum Gasteiger partial charge on any atom is 0.416 e. The maximum absolute atomic E-state index is 12.3. The van der Waals surface area contributed by atoms with Crippen LogP contribution in [-0.4, -0.2) is 5.11 Å². The van der Waals surface area contributed by atoms with Gasteiger partial charge in [0.2, 0.25) is 0 Å². The van der Waals surface area contributed by atoms with Crippen LogP contribution in [0, 0.1) is 0 Å². The molecule has 0 saturated heterocycles. The van der Waals surface area contributed by atoms with Crippen molar-refractivity contribution in [3.8, 4) is 0 Å². The smallest absolute Gasteiger partial charge is 0.384 e. The highest BCUT2D eigenvalue weighted by Crippen LogP contribution is 2.30. The average molecular weight is 258 g/mol. The van der Waals surface area contributed by atoms with Crippen molar-refractivity contribution in [1.82, 2.24) is 0 Å². The van der Waals surface area contributed by atoms with Gasteiger partial charge >= 0.3 is 6.18 Å². The fourth-order valence-corrected chi connectivity index (χ4v) is 1.53. The van der Waals surface area contributed by atoms with Crippen LogP contribution in [0.5, 0.6) is 0 Å². The van der Waals surface area contributed by atoms with E-state index in [4.69, 9.17) is 0 Å².